The maximum absolute atomic E-state index is 10.8. The maximum Gasteiger partial charge on any atom is 0.216 e. The van der Waals surface area contributed by atoms with Gasteiger partial charge in [0.2, 0.25) is 5.91 Å². The number of aldehydes is 1. The largest absolute Gasteiger partial charge is 0.504 e. The molecule has 2 atom stereocenters. The number of hydrogen-bond donors (Lipinski definition) is 4. The summed E-state index contributed by atoms with van der Waals surface area (Å²) in [7, 11) is 1.30. The molecular weight excluding hydrogens is 266 g/mol. The van der Waals surface area contributed by atoms with Crippen molar-refractivity contribution < 1.29 is 29.6 Å². The molecule has 1 amide bonds. The van der Waals surface area contributed by atoms with Crippen LogP contribution in [0, 0.1) is 0 Å². The molecule has 1 rings (SSSR count). The highest BCUT2D eigenvalue weighted by Crippen LogP contribution is 2.33. The minimum atomic E-state index is -1.34. The maximum atomic E-state index is 10.8. The molecule has 0 fully saturated rings. The van der Waals surface area contributed by atoms with Gasteiger partial charge in [-0.25, -0.2) is 0 Å². The molecule has 110 valence electrons. The van der Waals surface area contributed by atoms with Gasteiger partial charge in [-0.3, -0.25) is 9.59 Å². The van der Waals surface area contributed by atoms with Gasteiger partial charge in [-0.1, -0.05) is 0 Å². The normalized spacial score (nSPS) is 13.4. The lowest BCUT2D eigenvalue weighted by Gasteiger charge is -2.19. The van der Waals surface area contributed by atoms with Gasteiger partial charge in [0.25, 0.3) is 0 Å². The highest BCUT2D eigenvalue weighted by Gasteiger charge is 2.21. The standard InChI is InChI=1S/C13H17NO6/c1-7(16)14-5-10(17)12(18)8-3-9(6-15)13(19)11(4-8)20-2/h3-4,6,10,12,17-19H,5H2,1-2H3,(H,14,16). The third-order valence-electron chi connectivity index (χ3n) is 2.74. The number of aliphatic hydroxyl groups excluding tert-OH is 2. The zero-order valence-electron chi connectivity index (χ0n) is 11.2. The summed E-state index contributed by atoms with van der Waals surface area (Å²) >= 11 is 0. The smallest absolute Gasteiger partial charge is 0.216 e. The molecule has 0 heterocycles. The van der Waals surface area contributed by atoms with Crippen molar-refractivity contribution in [2.24, 2.45) is 0 Å². The number of carbonyl (C=O) groups is 2. The van der Waals surface area contributed by atoms with Crippen LogP contribution in [0.3, 0.4) is 0 Å². The van der Waals surface area contributed by atoms with Gasteiger partial charge < -0.3 is 25.4 Å². The molecule has 0 aromatic heterocycles. The first-order chi connectivity index (χ1) is 9.40. The van der Waals surface area contributed by atoms with Crippen LogP contribution in [0.15, 0.2) is 12.1 Å². The summed E-state index contributed by atoms with van der Waals surface area (Å²) in [4.78, 5) is 21.6. The number of benzene rings is 1. The van der Waals surface area contributed by atoms with Crippen molar-refractivity contribution >= 4 is 12.2 Å². The van der Waals surface area contributed by atoms with Crippen molar-refractivity contribution in [3.63, 3.8) is 0 Å². The van der Waals surface area contributed by atoms with Crippen LogP contribution in [-0.2, 0) is 4.79 Å². The second-order valence-electron chi connectivity index (χ2n) is 4.23. The molecule has 0 aliphatic carbocycles. The number of hydrogen-bond acceptors (Lipinski definition) is 6. The minimum Gasteiger partial charge on any atom is -0.504 e. The lowest BCUT2D eigenvalue weighted by atomic mass is 10.0. The van der Waals surface area contributed by atoms with Crippen LogP contribution in [0.25, 0.3) is 0 Å². The molecule has 20 heavy (non-hydrogen) atoms. The molecule has 1 aromatic rings. The van der Waals surface area contributed by atoms with Crippen LogP contribution < -0.4 is 10.1 Å². The Hall–Kier alpha value is -2.12. The summed E-state index contributed by atoms with van der Waals surface area (Å²) in [5.74, 6) is -0.668. The van der Waals surface area contributed by atoms with E-state index in [0.717, 1.165) is 0 Å². The van der Waals surface area contributed by atoms with E-state index < -0.39 is 12.2 Å². The molecular formula is C13H17NO6. The van der Waals surface area contributed by atoms with E-state index in [2.05, 4.69) is 5.32 Å². The average molecular weight is 283 g/mol. The van der Waals surface area contributed by atoms with Crippen molar-refractivity contribution in [3.05, 3.63) is 23.3 Å². The van der Waals surface area contributed by atoms with E-state index in [1.54, 1.807) is 0 Å². The molecule has 0 radical (unpaired) electrons. The predicted octanol–water partition coefficient (Wildman–Crippen LogP) is -0.256. The van der Waals surface area contributed by atoms with Gasteiger partial charge in [0.05, 0.1) is 12.7 Å². The molecule has 0 saturated heterocycles. The topological polar surface area (TPSA) is 116 Å². The molecule has 1 aromatic carbocycles. The molecule has 0 bridgehead atoms. The van der Waals surface area contributed by atoms with E-state index in [-0.39, 0.29) is 35.1 Å². The Labute approximate surface area is 115 Å². The Bertz CT molecular complexity index is 502. The quantitative estimate of drug-likeness (QED) is 0.535. The SMILES string of the molecule is COc1cc(C(O)C(O)CNC(C)=O)cc(C=O)c1O. The molecule has 7 nitrogen and oxygen atoms in total. The van der Waals surface area contributed by atoms with Crippen molar-refractivity contribution in [2.45, 2.75) is 19.1 Å². The second-order valence-corrected chi connectivity index (χ2v) is 4.23. The molecule has 7 heteroatoms. The summed E-state index contributed by atoms with van der Waals surface area (Å²) in [6, 6.07) is 2.55. The number of phenolic OH excluding ortho intramolecular Hbond substituents is 1. The first kappa shape index (κ1) is 15.9. The monoisotopic (exact) mass is 283 g/mol. The third kappa shape index (κ3) is 3.69. The Morgan fingerprint density at radius 3 is 2.60 bits per heavy atom. The lowest BCUT2D eigenvalue weighted by Crippen LogP contribution is -2.34. The first-order valence-corrected chi connectivity index (χ1v) is 5.87. The van der Waals surface area contributed by atoms with E-state index in [0.29, 0.717) is 6.29 Å². The van der Waals surface area contributed by atoms with E-state index in [1.165, 1.54) is 26.2 Å². The van der Waals surface area contributed by atoms with E-state index >= 15 is 0 Å². The van der Waals surface area contributed by atoms with Gasteiger partial charge in [0.1, 0.15) is 12.2 Å². The fraction of sp³-hybridized carbons (Fsp3) is 0.385. The van der Waals surface area contributed by atoms with E-state index in [4.69, 9.17) is 4.74 Å². The number of aliphatic hydroxyl groups is 2. The zero-order valence-corrected chi connectivity index (χ0v) is 11.2. The molecule has 2 unspecified atom stereocenters. The first-order valence-electron chi connectivity index (χ1n) is 5.87. The number of nitrogens with one attached hydrogen (secondary N) is 1. The van der Waals surface area contributed by atoms with Crippen molar-refractivity contribution in [1.82, 2.24) is 5.32 Å². The summed E-state index contributed by atoms with van der Waals surface area (Å²) in [6.45, 7) is 1.14. The molecule has 0 aliphatic rings. The summed E-state index contributed by atoms with van der Waals surface area (Å²) in [5.41, 5.74) is 0.129. The molecule has 0 saturated carbocycles. The van der Waals surface area contributed by atoms with Gasteiger partial charge in [-0.05, 0) is 17.7 Å². The van der Waals surface area contributed by atoms with Crippen LogP contribution in [-0.4, -0.2) is 47.3 Å². The van der Waals surface area contributed by atoms with Crippen molar-refractivity contribution in [3.8, 4) is 11.5 Å². The number of methoxy groups -OCH3 is 1. The van der Waals surface area contributed by atoms with Gasteiger partial charge in [-0.2, -0.15) is 0 Å². The number of carbonyl (C=O) groups excluding carboxylic acids is 2. The van der Waals surface area contributed by atoms with Gasteiger partial charge in [0.15, 0.2) is 17.8 Å². The fourth-order valence-corrected chi connectivity index (χ4v) is 1.65. The Kier molecular flexibility index (Phi) is 5.48. The highest BCUT2D eigenvalue weighted by atomic mass is 16.5. The fourth-order valence-electron chi connectivity index (χ4n) is 1.65. The minimum absolute atomic E-state index is 0.00961. The summed E-state index contributed by atoms with van der Waals surface area (Å²) < 4.78 is 4.88. The van der Waals surface area contributed by atoms with Crippen LogP contribution in [0.5, 0.6) is 11.5 Å². The van der Waals surface area contributed by atoms with Gasteiger partial charge >= 0.3 is 0 Å². The average Bonchev–Trinajstić information content (AvgIpc) is 2.44. The third-order valence-corrected chi connectivity index (χ3v) is 2.74. The van der Waals surface area contributed by atoms with Crippen LogP contribution in [0.1, 0.15) is 28.9 Å². The predicted molar refractivity (Wildman–Crippen MR) is 69.7 cm³/mol. The zero-order chi connectivity index (χ0) is 15.3. The lowest BCUT2D eigenvalue weighted by molar-refractivity contribution is -0.119. The highest BCUT2D eigenvalue weighted by molar-refractivity contribution is 5.81. The van der Waals surface area contributed by atoms with Gasteiger partial charge in [0, 0.05) is 13.5 Å². The number of ether oxygens (including phenoxy) is 1. The van der Waals surface area contributed by atoms with Crippen LogP contribution in [0.4, 0.5) is 0 Å². The summed E-state index contributed by atoms with van der Waals surface area (Å²) in [6.07, 6.45) is -2.18. The number of amides is 1. The van der Waals surface area contributed by atoms with Crippen LogP contribution in [0.2, 0.25) is 0 Å². The van der Waals surface area contributed by atoms with Crippen LogP contribution >= 0.6 is 0 Å². The molecule has 4 N–H and O–H groups in total. The van der Waals surface area contributed by atoms with E-state index in [1.807, 2.05) is 0 Å². The molecule has 0 spiro atoms. The van der Waals surface area contributed by atoms with Crippen molar-refractivity contribution in [1.29, 1.82) is 0 Å². The Morgan fingerprint density at radius 1 is 1.45 bits per heavy atom. The molecule has 0 aliphatic heterocycles. The van der Waals surface area contributed by atoms with Crippen molar-refractivity contribution in [2.75, 3.05) is 13.7 Å². The Morgan fingerprint density at radius 2 is 2.10 bits per heavy atom. The number of rotatable bonds is 6. The summed E-state index contributed by atoms with van der Waals surface area (Å²) in [5, 5.41) is 31.8. The number of phenols is 1. The van der Waals surface area contributed by atoms with Gasteiger partial charge in [-0.15, -0.1) is 0 Å². The number of aromatic hydroxyl groups is 1. The second kappa shape index (κ2) is 6.88. The Balaban J connectivity index is 3.00. The van der Waals surface area contributed by atoms with E-state index in [9.17, 15) is 24.9 Å².